The SMILES string of the molecule is CCCCCCCOc1ccc(-c2cnc(-c3ccc(C[C@H](NC(=O)c4ccc(C(C)(C)C)s4)C(=O)N[C@H]4C[C@H](C(=O)O)C4)cc3)nc2)cc1. The third-order valence-corrected chi connectivity index (χ3v) is 10.5. The molecule has 2 heterocycles. The molecule has 1 atom stereocenters. The topological polar surface area (TPSA) is 131 Å². The summed E-state index contributed by atoms with van der Waals surface area (Å²) in [6.45, 7) is 9.22. The molecule has 1 fully saturated rings. The molecule has 0 spiro atoms. The third-order valence-electron chi connectivity index (χ3n) is 9.03. The van der Waals surface area contributed by atoms with Gasteiger partial charge in [0.15, 0.2) is 5.82 Å². The molecular formula is C40H48N4O5S. The zero-order chi connectivity index (χ0) is 35.7. The number of carboxylic acids is 1. The van der Waals surface area contributed by atoms with Crippen molar-refractivity contribution in [1.29, 1.82) is 0 Å². The van der Waals surface area contributed by atoms with Crippen molar-refractivity contribution in [2.45, 2.75) is 96.6 Å². The number of thiophene rings is 1. The lowest BCUT2D eigenvalue weighted by Crippen LogP contribution is -2.54. The summed E-state index contributed by atoms with van der Waals surface area (Å²) < 4.78 is 5.89. The molecule has 2 aromatic carbocycles. The second-order valence-corrected chi connectivity index (χ2v) is 15.2. The van der Waals surface area contributed by atoms with E-state index in [0.717, 1.165) is 45.9 Å². The van der Waals surface area contributed by atoms with E-state index in [2.05, 4.69) is 48.3 Å². The van der Waals surface area contributed by atoms with E-state index in [9.17, 15) is 19.5 Å². The summed E-state index contributed by atoms with van der Waals surface area (Å²) in [4.78, 5) is 48.8. The third kappa shape index (κ3) is 10.00. The van der Waals surface area contributed by atoms with Gasteiger partial charge in [0.05, 0.1) is 17.4 Å². The van der Waals surface area contributed by atoms with Gasteiger partial charge in [0.1, 0.15) is 11.8 Å². The van der Waals surface area contributed by atoms with E-state index in [0.29, 0.717) is 23.5 Å². The van der Waals surface area contributed by atoms with E-state index in [-0.39, 0.29) is 29.7 Å². The van der Waals surface area contributed by atoms with Crippen LogP contribution >= 0.6 is 11.3 Å². The minimum Gasteiger partial charge on any atom is -0.494 e. The molecule has 5 rings (SSSR count). The number of carbonyl (C=O) groups is 3. The van der Waals surface area contributed by atoms with Crippen LogP contribution in [0.1, 0.15) is 92.8 Å². The quantitative estimate of drug-likeness (QED) is 0.102. The minimum atomic E-state index is -0.853. The van der Waals surface area contributed by atoms with E-state index in [4.69, 9.17) is 4.74 Å². The van der Waals surface area contributed by atoms with Crippen LogP contribution in [-0.4, -0.2) is 51.5 Å². The second-order valence-electron chi connectivity index (χ2n) is 14.1. The first-order valence-corrected chi connectivity index (χ1v) is 18.4. The predicted molar refractivity (Wildman–Crippen MR) is 197 cm³/mol. The first-order chi connectivity index (χ1) is 24.0. The van der Waals surface area contributed by atoms with Crippen LogP contribution in [0.15, 0.2) is 73.1 Å². The Morgan fingerprint density at radius 2 is 1.54 bits per heavy atom. The molecule has 1 saturated carbocycles. The molecule has 0 saturated heterocycles. The van der Waals surface area contributed by atoms with Gasteiger partial charge < -0.3 is 20.5 Å². The molecule has 264 valence electrons. The lowest BCUT2D eigenvalue weighted by Gasteiger charge is -2.34. The molecule has 9 nitrogen and oxygen atoms in total. The van der Waals surface area contributed by atoms with Gasteiger partial charge in [0.2, 0.25) is 5.91 Å². The van der Waals surface area contributed by atoms with Gasteiger partial charge in [-0.05, 0) is 60.1 Å². The summed E-state index contributed by atoms with van der Waals surface area (Å²) in [5.41, 5.74) is 3.50. The highest BCUT2D eigenvalue weighted by Gasteiger charge is 2.36. The van der Waals surface area contributed by atoms with Gasteiger partial charge >= 0.3 is 5.97 Å². The van der Waals surface area contributed by atoms with E-state index >= 15 is 0 Å². The maximum atomic E-state index is 13.4. The number of benzene rings is 2. The van der Waals surface area contributed by atoms with Crippen molar-refractivity contribution in [2.24, 2.45) is 5.92 Å². The number of amides is 2. The maximum absolute atomic E-state index is 13.4. The van der Waals surface area contributed by atoms with Crippen LogP contribution in [0.25, 0.3) is 22.5 Å². The van der Waals surface area contributed by atoms with Crippen LogP contribution in [0.5, 0.6) is 5.75 Å². The van der Waals surface area contributed by atoms with Gasteiger partial charge in [0, 0.05) is 40.9 Å². The highest BCUT2D eigenvalue weighted by molar-refractivity contribution is 7.14. The molecule has 2 amide bonds. The molecule has 0 aliphatic heterocycles. The molecule has 0 unspecified atom stereocenters. The Labute approximate surface area is 298 Å². The fraction of sp³-hybridized carbons (Fsp3) is 0.425. The first-order valence-electron chi connectivity index (χ1n) is 17.6. The van der Waals surface area contributed by atoms with Crippen LogP contribution < -0.4 is 15.4 Å². The van der Waals surface area contributed by atoms with Gasteiger partial charge in [-0.25, -0.2) is 9.97 Å². The highest BCUT2D eigenvalue weighted by atomic mass is 32.1. The van der Waals surface area contributed by atoms with Crippen molar-refractivity contribution >= 4 is 29.1 Å². The Morgan fingerprint density at radius 1 is 0.880 bits per heavy atom. The van der Waals surface area contributed by atoms with E-state index in [1.165, 1.54) is 37.0 Å². The summed E-state index contributed by atoms with van der Waals surface area (Å²) in [6.07, 6.45) is 10.7. The fourth-order valence-corrected chi connectivity index (χ4v) is 6.80. The monoisotopic (exact) mass is 696 g/mol. The number of carboxylic acid groups (broad SMARTS) is 1. The van der Waals surface area contributed by atoms with Crippen molar-refractivity contribution in [2.75, 3.05) is 6.61 Å². The Bertz CT molecular complexity index is 1720. The number of nitrogens with zero attached hydrogens (tertiary/aromatic N) is 2. The number of aliphatic carboxylic acids is 1. The van der Waals surface area contributed by atoms with E-state index < -0.39 is 17.9 Å². The molecule has 4 aromatic rings. The van der Waals surface area contributed by atoms with E-state index in [1.54, 1.807) is 18.5 Å². The summed E-state index contributed by atoms with van der Waals surface area (Å²) in [6, 6.07) is 18.3. The number of nitrogens with one attached hydrogen (secondary N) is 2. The van der Waals surface area contributed by atoms with Crippen LogP contribution in [0.4, 0.5) is 0 Å². The number of hydrogen-bond acceptors (Lipinski definition) is 7. The average Bonchev–Trinajstić information content (AvgIpc) is 3.60. The predicted octanol–water partition coefficient (Wildman–Crippen LogP) is 7.84. The molecule has 0 radical (unpaired) electrons. The van der Waals surface area contributed by atoms with Gasteiger partial charge in [-0.2, -0.15) is 0 Å². The van der Waals surface area contributed by atoms with Gasteiger partial charge in [-0.15, -0.1) is 11.3 Å². The number of ether oxygens (including phenoxy) is 1. The Balaban J connectivity index is 1.21. The molecule has 1 aliphatic rings. The van der Waals surface area contributed by atoms with Crippen molar-refractivity contribution in [3.05, 3.63) is 88.4 Å². The van der Waals surface area contributed by atoms with Crippen molar-refractivity contribution in [3.8, 4) is 28.3 Å². The highest BCUT2D eigenvalue weighted by Crippen LogP contribution is 2.30. The zero-order valence-electron chi connectivity index (χ0n) is 29.4. The summed E-state index contributed by atoms with van der Waals surface area (Å²) in [7, 11) is 0. The lowest BCUT2D eigenvalue weighted by molar-refractivity contribution is -0.146. The van der Waals surface area contributed by atoms with Crippen LogP contribution in [0, 0.1) is 5.92 Å². The largest absolute Gasteiger partial charge is 0.494 e. The molecule has 50 heavy (non-hydrogen) atoms. The Kier molecular flexibility index (Phi) is 12.4. The Hall–Kier alpha value is -4.57. The standard InChI is InChI=1S/C40H48N4O5S/c1-5-6-7-8-9-20-49-32-16-14-27(15-17-32)30-24-41-36(42-25-30)28-12-10-26(11-13-28)21-33(37(45)43-31-22-29(23-31)39(47)48)44-38(46)34-18-19-35(50-34)40(2,3)4/h10-19,24-25,29,31,33H,5-9,20-23H2,1-4H3,(H,43,45)(H,44,46)(H,47,48)/t29-,31-,33-/m0/s1. The van der Waals surface area contributed by atoms with Gasteiger partial charge in [-0.3, -0.25) is 14.4 Å². The number of hydrogen-bond donors (Lipinski definition) is 3. The molecule has 3 N–H and O–H groups in total. The van der Waals surface area contributed by atoms with Gasteiger partial charge in [-0.1, -0.05) is 89.8 Å². The minimum absolute atomic E-state index is 0.0929. The van der Waals surface area contributed by atoms with Crippen LogP contribution in [-0.2, 0) is 21.4 Å². The smallest absolute Gasteiger partial charge is 0.306 e. The average molecular weight is 697 g/mol. The molecule has 10 heteroatoms. The number of aromatic nitrogens is 2. The second kappa shape index (κ2) is 16.9. The van der Waals surface area contributed by atoms with Crippen molar-refractivity contribution < 1.29 is 24.2 Å². The summed E-state index contributed by atoms with van der Waals surface area (Å²) in [5, 5.41) is 15.1. The molecular weight excluding hydrogens is 649 g/mol. The van der Waals surface area contributed by atoms with Crippen molar-refractivity contribution in [1.82, 2.24) is 20.6 Å². The van der Waals surface area contributed by atoms with Gasteiger partial charge in [0.25, 0.3) is 5.91 Å². The molecule has 0 bridgehead atoms. The lowest BCUT2D eigenvalue weighted by atomic mass is 9.80. The van der Waals surface area contributed by atoms with Crippen LogP contribution in [0.2, 0.25) is 0 Å². The first kappa shape index (κ1) is 36.7. The van der Waals surface area contributed by atoms with Crippen LogP contribution in [0.3, 0.4) is 0 Å². The zero-order valence-corrected chi connectivity index (χ0v) is 30.2. The molecule has 2 aromatic heterocycles. The normalized spacial score (nSPS) is 16.2. The number of carbonyl (C=O) groups excluding carboxylic acids is 2. The Morgan fingerprint density at radius 3 is 2.16 bits per heavy atom. The molecule has 1 aliphatic carbocycles. The summed E-state index contributed by atoms with van der Waals surface area (Å²) in [5.74, 6) is -0.505. The maximum Gasteiger partial charge on any atom is 0.306 e. The van der Waals surface area contributed by atoms with Crippen molar-refractivity contribution in [3.63, 3.8) is 0 Å². The van der Waals surface area contributed by atoms with E-state index in [1.807, 2.05) is 54.6 Å². The summed E-state index contributed by atoms with van der Waals surface area (Å²) >= 11 is 1.42. The number of unbranched alkanes of at least 4 members (excludes halogenated alkanes) is 4. The number of rotatable bonds is 16. The fourth-order valence-electron chi connectivity index (χ4n) is 5.83.